The summed E-state index contributed by atoms with van der Waals surface area (Å²) in [6.45, 7) is 3.47. The molecule has 9 nitrogen and oxygen atoms in total. The van der Waals surface area contributed by atoms with E-state index in [-0.39, 0.29) is 11.1 Å². The summed E-state index contributed by atoms with van der Waals surface area (Å²) < 4.78 is 0. The number of piperidine rings is 1. The molecule has 3 aromatic heterocycles. The van der Waals surface area contributed by atoms with E-state index in [2.05, 4.69) is 54.8 Å². The number of anilines is 1. The van der Waals surface area contributed by atoms with Gasteiger partial charge in [-0.25, -0.2) is 9.97 Å². The third-order valence-electron chi connectivity index (χ3n) is 7.03. The first kappa shape index (κ1) is 25.1. The molecule has 0 radical (unpaired) electrons. The average Bonchev–Trinajstić information content (AvgIpc) is 3.29. The molecule has 2 fully saturated rings. The number of nitrogens with one attached hydrogen (secondary N) is 2. The molecule has 2 aliphatic heterocycles. The number of hydrogen-bond donors (Lipinski definition) is 2. The molecule has 39 heavy (non-hydrogen) atoms. The van der Waals surface area contributed by atoms with Crippen LogP contribution < -0.4 is 15.5 Å². The number of carbonyl (C=O) groups is 2. The summed E-state index contributed by atoms with van der Waals surface area (Å²) in [5.41, 5.74) is 3.86. The lowest BCUT2D eigenvalue weighted by Crippen LogP contribution is -2.38. The number of hydrogen-bond acceptors (Lipinski definition) is 9. The molecule has 5 heterocycles. The van der Waals surface area contributed by atoms with Gasteiger partial charge in [0.15, 0.2) is 0 Å². The molecule has 2 N–H and O–H groups in total. The number of rotatable bonds is 7. The van der Waals surface area contributed by atoms with E-state index >= 15 is 0 Å². The van der Waals surface area contributed by atoms with Gasteiger partial charge in [0.05, 0.1) is 16.3 Å². The van der Waals surface area contributed by atoms with Crippen LogP contribution in [-0.4, -0.2) is 50.7 Å². The van der Waals surface area contributed by atoms with Gasteiger partial charge >= 0.3 is 0 Å². The van der Waals surface area contributed by atoms with Crippen molar-refractivity contribution in [3.05, 3.63) is 83.4 Å². The zero-order valence-corrected chi connectivity index (χ0v) is 22.0. The Labute approximate surface area is 230 Å². The van der Waals surface area contributed by atoms with Crippen LogP contribution in [0.1, 0.15) is 24.1 Å². The monoisotopic (exact) mass is 537 g/mol. The molecule has 4 aromatic rings. The summed E-state index contributed by atoms with van der Waals surface area (Å²) >= 11 is 0.891. The lowest BCUT2D eigenvalue weighted by atomic mass is 9.97. The second-order valence-electron chi connectivity index (χ2n) is 9.65. The van der Waals surface area contributed by atoms with Gasteiger partial charge in [0.2, 0.25) is 5.95 Å². The summed E-state index contributed by atoms with van der Waals surface area (Å²) in [4.78, 5) is 43.7. The second kappa shape index (κ2) is 11.3. The number of imide groups is 1. The van der Waals surface area contributed by atoms with Gasteiger partial charge < -0.3 is 10.2 Å². The van der Waals surface area contributed by atoms with Gasteiger partial charge in [0, 0.05) is 55.4 Å². The van der Waals surface area contributed by atoms with Crippen molar-refractivity contribution < 1.29 is 9.59 Å². The minimum Gasteiger partial charge on any atom is -0.341 e. The third-order valence-corrected chi connectivity index (χ3v) is 7.84. The molecular weight excluding hydrogens is 510 g/mol. The highest BCUT2D eigenvalue weighted by molar-refractivity contribution is 8.18. The largest absolute Gasteiger partial charge is 0.341 e. The van der Waals surface area contributed by atoms with Crippen molar-refractivity contribution in [1.29, 1.82) is 0 Å². The average molecular weight is 538 g/mol. The van der Waals surface area contributed by atoms with Gasteiger partial charge in [-0.15, -0.1) is 0 Å². The van der Waals surface area contributed by atoms with Crippen LogP contribution in [0.4, 0.5) is 10.7 Å². The van der Waals surface area contributed by atoms with Gasteiger partial charge in [-0.2, -0.15) is 0 Å². The van der Waals surface area contributed by atoms with E-state index in [0.29, 0.717) is 22.5 Å². The molecule has 0 bridgehead atoms. The zero-order chi connectivity index (χ0) is 26.6. The van der Waals surface area contributed by atoms with Crippen LogP contribution in [0.15, 0.2) is 72.2 Å². The maximum Gasteiger partial charge on any atom is 0.290 e. The van der Waals surface area contributed by atoms with Gasteiger partial charge in [0.1, 0.15) is 0 Å². The van der Waals surface area contributed by atoms with Gasteiger partial charge in [-0.05, 0) is 72.3 Å². The topological polar surface area (TPSA) is 113 Å². The molecule has 196 valence electrons. The Balaban J connectivity index is 0.995. The highest BCUT2D eigenvalue weighted by atomic mass is 32.2. The van der Waals surface area contributed by atoms with E-state index in [4.69, 9.17) is 4.98 Å². The Hall–Kier alpha value is -4.15. The number of fused-ring (bicyclic) bond motifs is 1. The lowest BCUT2D eigenvalue weighted by molar-refractivity contribution is -0.115. The molecule has 6 rings (SSSR count). The Kier molecular flexibility index (Phi) is 7.29. The number of nitrogens with zero attached hydrogens (tertiary/aromatic N) is 5. The number of pyridine rings is 2. The summed E-state index contributed by atoms with van der Waals surface area (Å²) in [5.74, 6) is 0.847. The maximum atomic E-state index is 11.8. The fourth-order valence-corrected chi connectivity index (χ4v) is 5.61. The van der Waals surface area contributed by atoms with E-state index < -0.39 is 0 Å². The van der Waals surface area contributed by atoms with Crippen molar-refractivity contribution in [2.45, 2.75) is 19.4 Å². The highest BCUT2D eigenvalue weighted by Crippen LogP contribution is 2.27. The molecule has 0 spiro atoms. The highest BCUT2D eigenvalue weighted by Gasteiger charge is 2.25. The van der Waals surface area contributed by atoms with E-state index in [1.165, 1.54) is 0 Å². The standard InChI is InChI=1S/C29H27N7O2S/c37-27-26(39-29(38)35-27)14-22-6-11-32-28(34-22)36-12-8-19(9-13-36)15-31-16-20-4-5-25(33-17-20)24-3-1-2-21-18-30-10-7-23(21)24/h1-7,10-11,14,17-19,31H,8-9,12-13,15-16H2,(H,35,37,38)/b26-14-. The zero-order valence-electron chi connectivity index (χ0n) is 21.2. The predicted molar refractivity (Wildman–Crippen MR) is 153 cm³/mol. The van der Waals surface area contributed by atoms with Crippen LogP contribution in [0.2, 0.25) is 0 Å². The number of carbonyl (C=O) groups excluding carboxylic acids is 2. The fourth-order valence-electron chi connectivity index (χ4n) is 4.94. The number of aromatic nitrogens is 4. The van der Waals surface area contributed by atoms with Crippen molar-refractivity contribution in [3.63, 3.8) is 0 Å². The minimum absolute atomic E-state index is 0.352. The summed E-state index contributed by atoms with van der Waals surface area (Å²) in [5, 5.41) is 7.77. The van der Waals surface area contributed by atoms with Crippen LogP contribution in [0.25, 0.3) is 28.1 Å². The Morgan fingerprint density at radius 3 is 2.72 bits per heavy atom. The van der Waals surface area contributed by atoms with Crippen LogP contribution in [0.5, 0.6) is 0 Å². The Bertz CT molecular complexity index is 1540. The second-order valence-corrected chi connectivity index (χ2v) is 10.7. The maximum absolute atomic E-state index is 11.8. The van der Waals surface area contributed by atoms with Gasteiger partial charge in [-0.3, -0.25) is 24.9 Å². The molecular formula is C29H27N7O2S. The normalized spacial score (nSPS) is 17.2. The van der Waals surface area contributed by atoms with Crippen molar-refractivity contribution in [2.24, 2.45) is 5.92 Å². The van der Waals surface area contributed by atoms with Crippen LogP contribution in [0.3, 0.4) is 0 Å². The number of thioether (sulfide) groups is 1. The number of benzene rings is 1. The van der Waals surface area contributed by atoms with Crippen molar-refractivity contribution >= 4 is 45.7 Å². The first-order chi connectivity index (χ1) is 19.1. The molecule has 0 aliphatic carbocycles. The van der Waals surface area contributed by atoms with Crippen LogP contribution in [-0.2, 0) is 11.3 Å². The van der Waals surface area contributed by atoms with Crippen LogP contribution in [0, 0.1) is 5.92 Å². The molecule has 2 amide bonds. The minimum atomic E-state index is -0.382. The molecule has 1 aromatic carbocycles. The lowest BCUT2D eigenvalue weighted by Gasteiger charge is -2.32. The van der Waals surface area contributed by atoms with Crippen molar-refractivity contribution in [1.82, 2.24) is 30.6 Å². The molecule has 2 aliphatic rings. The Morgan fingerprint density at radius 2 is 1.92 bits per heavy atom. The predicted octanol–water partition coefficient (Wildman–Crippen LogP) is 4.42. The van der Waals surface area contributed by atoms with Crippen molar-refractivity contribution in [2.75, 3.05) is 24.5 Å². The first-order valence-corrected chi connectivity index (χ1v) is 13.8. The quantitative estimate of drug-likeness (QED) is 0.331. The Morgan fingerprint density at radius 1 is 1.03 bits per heavy atom. The van der Waals surface area contributed by atoms with Gasteiger partial charge in [0.25, 0.3) is 11.1 Å². The molecule has 10 heteroatoms. The summed E-state index contributed by atoms with van der Waals surface area (Å²) in [6.07, 6.45) is 11.1. The molecule has 0 saturated carbocycles. The SMILES string of the molecule is O=C1NC(=O)/C(=C/c2ccnc(N3CCC(CNCc4ccc(-c5cccc6cnccc56)nc4)CC3)n2)S1. The molecule has 0 atom stereocenters. The third kappa shape index (κ3) is 5.81. The van der Waals surface area contributed by atoms with E-state index in [1.54, 1.807) is 18.3 Å². The fraction of sp³-hybridized carbons (Fsp3) is 0.241. The van der Waals surface area contributed by atoms with Crippen LogP contribution >= 0.6 is 11.8 Å². The summed E-state index contributed by atoms with van der Waals surface area (Å²) in [7, 11) is 0. The van der Waals surface area contributed by atoms with E-state index in [9.17, 15) is 9.59 Å². The first-order valence-electron chi connectivity index (χ1n) is 12.9. The molecule has 2 saturated heterocycles. The van der Waals surface area contributed by atoms with Crippen molar-refractivity contribution in [3.8, 4) is 11.3 Å². The van der Waals surface area contributed by atoms with E-state index in [0.717, 1.165) is 78.4 Å². The van der Waals surface area contributed by atoms with Gasteiger partial charge in [-0.1, -0.05) is 24.3 Å². The molecule has 0 unspecified atom stereocenters. The number of amides is 2. The summed E-state index contributed by atoms with van der Waals surface area (Å²) in [6, 6.07) is 14.2. The van der Waals surface area contributed by atoms with E-state index in [1.807, 2.05) is 30.7 Å². The smallest absolute Gasteiger partial charge is 0.290 e.